The number of rotatable bonds is 7. The van der Waals surface area contributed by atoms with E-state index >= 15 is 0 Å². The van der Waals surface area contributed by atoms with E-state index in [1.165, 1.54) is 6.33 Å². The molecule has 8 heteroatoms. The summed E-state index contributed by atoms with van der Waals surface area (Å²) in [6.07, 6.45) is 3.25. The second kappa shape index (κ2) is 6.47. The average Bonchev–Trinajstić information content (AvgIpc) is 2.36. The Hall–Kier alpha value is -1.96. The van der Waals surface area contributed by atoms with Gasteiger partial charge in [0.1, 0.15) is 6.33 Å². The molecule has 110 valence electrons. The third kappa shape index (κ3) is 3.13. The molecule has 20 heavy (non-hydrogen) atoms. The minimum absolute atomic E-state index is 0.103. The number of ether oxygens (including phenoxy) is 1. The monoisotopic (exact) mass is 281 g/mol. The second-order valence-electron chi connectivity index (χ2n) is 4.60. The van der Waals surface area contributed by atoms with Crippen molar-refractivity contribution in [2.45, 2.75) is 38.8 Å². The summed E-state index contributed by atoms with van der Waals surface area (Å²) in [5, 5.41) is 17.2. The molecule has 0 aromatic carbocycles. The fourth-order valence-electron chi connectivity index (χ4n) is 2.20. The molecule has 0 aliphatic heterocycles. The maximum absolute atomic E-state index is 11.2. The van der Waals surface area contributed by atoms with Crippen LogP contribution in [0.15, 0.2) is 6.33 Å². The first kappa shape index (κ1) is 14.4. The van der Waals surface area contributed by atoms with E-state index in [1.54, 1.807) is 0 Å². The van der Waals surface area contributed by atoms with Gasteiger partial charge in [-0.15, -0.1) is 0 Å². The maximum atomic E-state index is 11.2. The van der Waals surface area contributed by atoms with Crippen LogP contribution in [0.25, 0.3) is 0 Å². The molecule has 0 unspecified atom stereocenters. The van der Waals surface area contributed by atoms with Crippen LogP contribution in [0.5, 0.6) is 0 Å². The predicted octanol–water partition coefficient (Wildman–Crippen LogP) is 1.80. The molecule has 1 aromatic rings. The van der Waals surface area contributed by atoms with Crippen molar-refractivity contribution in [3.63, 3.8) is 0 Å². The van der Waals surface area contributed by atoms with Gasteiger partial charge in [-0.2, -0.15) is 0 Å². The van der Waals surface area contributed by atoms with Gasteiger partial charge in [0, 0.05) is 19.2 Å². The fourth-order valence-corrected chi connectivity index (χ4v) is 2.20. The summed E-state index contributed by atoms with van der Waals surface area (Å²) in [5.74, 6) is 0.511. The molecule has 1 aliphatic rings. The summed E-state index contributed by atoms with van der Waals surface area (Å²) < 4.78 is 5.47. The van der Waals surface area contributed by atoms with Crippen LogP contribution in [0.2, 0.25) is 0 Å². The maximum Gasteiger partial charge on any atom is 0.353 e. The minimum atomic E-state index is -0.459. The molecule has 1 heterocycles. The molecule has 0 amide bonds. The molecule has 1 aromatic heterocycles. The van der Waals surface area contributed by atoms with Crippen LogP contribution in [-0.2, 0) is 4.74 Å². The highest BCUT2D eigenvalue weighted by atomic mass is 16.6. The van der Waals surface area contributed by atoms with E-state index in [0.29, 0.717) is 13.2 Å². The number of hydrogen-bond acceptors (Lipinski definition) is 7. The van der Waals surface area contributed by atoms with E-state index < -0.39 is 4.92 Å². The van der Waals surface area contributed by atoms with Crippen molar-refractivity contribution in [2.24, 2.45) is 0 Å². The van der Waals surface area contributed by atoms with Crippen molar-refractivity contribution in [3.8, 4) is 0 Å². The molecular weight excluding hydrogens is 262 g/mol. The van der Waals surface area contributed by atoms with Gasteiger partial charge >= 0.3 is 5.69 Å². The van der Waals surface area contributed by atoms with Crippen LogP contribution in [0, 0.1) is 10.1 Å². The van der Waals surface area contributed by atoms with Gasteiger partial charge in [-0.3, -0.25) is 10.1 Å². The zero-order valence-corrected chi connectivity index (χ0v) is 11.6. The number of nitro groups is 1. The lowest BCUT2D eigenvalue weighted by Crippen LogP contribution is -2.41. The molecule has 0 spiro atoms. The Morgan fingerprint density at radius 1 is 1.40 bits per heavy atom. The smallest absolute Gasteiger partial charge is 0.353 e. The molecule has 0 radical (unpaired) electrons. The van der Waals surface area contributed by atoms with Crippen LogP contribution in [-0.4, -0.2) is 40.2 Å². The lowest BCUT2D eigenvalue weighted by molar-refractivity contribution is -0.383. The van der Waals surface area contributed by atoms with Gasteiger partial charge in [0.05, 0.1) is 11.0 Å². The highest BCUT2D eigenvalue weighted by Gasteiger charge is 2.32. The normalized spacial score (nSPS) is 21.1. The predicted molar refractivity (Wildman–Crippen MR) is 74.9 cm³/mol. The molecule has 1 aliphatic carbocycles. The number of hydrogen-bond donors (Lipinski definition) is 2. The number of nitrogens with one attached hydrogen (secondary N) is 2. The molecule has 1 saturated carbocycles. The highest BCUT2D eigenvalue weighted by Crippen LogP contribution is 2.33. The van der Waals surface area contributed by atoms with Crippen molar-refractivity contribution in [2.75, 3.05) is 23.8 Å². The summed E-state index contributed by atoms with van der Waals surface area (Å²) in [7, 11) is 0. The molecule has 0 bridgehead atoms. The Balaban J connectivity index is 2.08. The summed E-state index contributed by atoms with van der Waals surface area (Å²) in [5.41, 5.74) is -0.103. The van der Waals surface area contributed by atoms with Crippen LogP contribution in [0.4, 0.5) is 17.3 Å². The average molecular weight is 281 g/mol. The Morgan fingerprint density at radius 2 is 2.10 bits per heavy atom. The molecule has 8 nitrogen and oxygen atoms in total. The zero-order chi connectivity index (χ0) is 14.5. The largest absolute Gasteiger partial charge is 0.378 e. The summed E-state index contributed by atoms with van der Waals surface area (Å²) in [6, 6.07) is 0.162. The van der Waals surface area contributed by atoms with Gasteiger partial charge in [0.25, 0.3) is 0 Å². The molecule has 0 saturated heterocycles. The third-order valence-corrected chi connectivity index (χ3v) is 3.19. The Kier molecular flexibility index (Phi) is 4.67. The van der Waals surface area contributed by atoms with Gasteiger partial charge < -0.3 is 15.4 Å². The van der Waals surface area contributed by atoms with E-state index in [9.17, 15) is 10.1 Å². The molecule has 2 N–H and O–H groups in total. The first-order chi connectivity index (χ1) is 9.65. The van der Waals surface area contributed by atoms with Crippen molar-refractivity contribution in [3.05, 3.63) is 16.4 Å². The quantitative estimate of drug-likeness (QED) is 0.580. The first-order valence-corrected chi connectivity index (χ1v) is 6.77. The van der Waals surface area contributed by atoms with Gasteiger partial charge in [-0.1, -0.05) is 0 Å². The molecular formula is C12H19N5O3. The Bertz CT molecular complexity index is 476. The van der Waals surface area contributed by atoms with E-state index in [0.717, 1.165) is 12.8 Å². The van der Waals surface area contributed by atoms with Crippen molar-refractivity contribution in [1.29, 1.82) is 0 Å². The topological polar surface area (TPSA) is 102 Å². The summed E-state index contributed by atoms with van der Waals surface area (Å²) in [6.45, 7) is 5.07. The minimum Gasteiger partial charge on any atom is -0.378 e. The number of anilines is 2. The van der Waals surface area contributed by atoms with Crippen LogP contribution >= 0.6 is 0 Å². The Labute approximate surface area is 117 Å². The van der Waals surface area contributed by atoms with Gasteiger partial charge in [0.15, 0.2) is 0 Å². The van der Waals surface area contributed by atoms with E-state index in [4.69, 9.17) is 4.74 Å². The zero-order valence-electron chi connectivity index (χ0n) is 11.6. The van der Waals surface area contributed by atoms with E-state index in [2.05, 4.69) is 20.6 Å². The first-order valence-electron chi connectivity index (χ1n) is 6.77. The third-order valence-electron chi connectivity index (χ3n) is 3.19. The van der Waals surface area contributed by atoms with Crippen molar-refractivity contribution in [1.82, 2.24) is 9.97 Å². The molecule has 2 rings (SSSR count). The lowest BCUT2D eigenvalue weighted by atomic mass is 9.89. The standard InChI is InChI=1S/C12H19N5O3/c1-3-13-11-10(17(18)19)12(15-7-14-11)16-8-5-9(6-8)20-4-2/h7-9H,3-6H2,1-2H3,(H2,13,14,15,16). The van der Waals surface area contributed by atoms with E-state index in [1.807, 2.05) is 13.8 Å². The summed E-state index contributed by atoms with van der Waals surface area (Å²) in [4.78, 5) is 18.6. The molecule has 0 atom stereocenters. The van der Waals surface area contributed by atoms with Crippen LogP contribution < -0.4 is 10.6 Å². The molecule has 1 fully saturated rings. The van der Waals surface area contributed by atoms with Gasteiger partial charge in [0.2, 0.25) is 11.6 Å². The summed E-state index contributed by atoms with van der Waals surface area (Å²) >= 11 is 0. The van der Waals surface area contributed by atoms with Gasteiger partial charge in [-0.25, -0.2) is 9.97 Å². The SMILES string of the molecule is CCNc1ncnc(NC2CC(OCC)C2)c1[N+](=O)[O-]. The van der Waals surface area contributed by atoms with Gasteiger partial charge in [-0.05, 0) is 26.7 Å². The number of aromatic nitrogens is 2. The van der Waals surface area contributed by atoms with Crippen molar-refractivity contribution < 1.29 is 9.66 Å². The lowest BCUT2D eigenvalue weighted by Gasteiger charge is -2.35. The van der Waals surface area contributed by atoms with Crippen LogP contribution in [0.3, 0.4) is 0 Å². The van der Waals surface area contributed by atoms with Crippen molar-refractivity contribution >= 4 is 17.3 Å². The fraction of sp³-hybridized carbons (Fsp3) is 0.667. The second-order valence-corrected chi connectivity index (χ2v) is 4.60. The number of nitrogens with zero attached hydrogens (tertiary/aromatic N) is 3. The van der Waals surface area contributed by atoms with E-state index in [-0.39, 0.29) is 29.5 Å². The highest BCUT2D eigenvalue weighted by molar-refractivity contribution is 5.69. The van der Waals surface area contributed by atoms with Crippen LogP contribution in [0.1, 0.15) is 26.7 Å². The Morgan fingerprint density at radius 3 is 2.70 bits per heavy atom.